The fraction of sp³-hybridized carbons (Fsp3) is 1.00. The Labute approximate surface area is 116 Å². The largest absolute Gasteiger partial charge is 0.395 e. The maximum atomic E-state index is 9.14. The number of hydrogen-bond acceptors (Lipinski definition) is 2. The van der Waals surface area contributed by atoms with E-state index >= 15 is 0 Å². The van der Waals surface area contributed by atoms with Crippen molar-refractivity contribution in [3.05, 3.63) is 0 Å². The molecular formula is C14H30BrNO. The van der Waals surface area contributed by atoms with E-state index in [0.29, 0.717) is 5.41 Å². The maximum absolute atomic E-state index is 9.14. The Morgan fingerprint density at radius 2 is 1.59 bits per heavy atom. The molecule has 0 saturated heterocycles. The molecule has 104 valence electrons. The zero-order chi connectivity index (χ0) is 13.1. The summed E-state index contributed by atoms with van der Waals surface area (Å²) in [5.74, 6) is 0. The molecule has 1 N–H and O–H groups in total. The van der Waals surface area contributed by atoms with E-state index in [9.17, 15) is 0 Å². The first-order valence-electron chi connectivity index (χ1n) is 7.07. The van der Waals surface area contributed by atoms with Crippen molar-refractivity contribution in [2.24, 2.45) is 5.41 Å². The van der Waals surface area contributed by atoms with Crippen LogP contribution >= 0.6 is 15.9 Å². The lowest BCUT2D eigenvalue weighted by Crippen LogP contribution is -2.40. The highest BCUT2D eigenvalue weighted by atomic mass is 79.9. The Kier molecular flexibility index (Phi) is 10.6. The number of nitrogens with zero attached hydrogens (tertiary/aromatic N) is 1. The highest BCUT2D eigenvalue weighted by molar-refractivity contribution is 9.09. The van der Waals surface area contributed by atoms with Gasteiger partial charge in [-0.1, -0.05) is 49.5 Å². The van der Waals surface area contributed by atoms with E-state index < -0.39 is 0 Å². The fourth-order valence-electron chi connectivity index (χ4n) is 2.72. The Morgan fingerprint density at radius 3 is 1.94 bits per heavy atom. The van der Waals surface area contributed by atoms with Gasteiger partial charge in [0, 0.05) is 18.4 Å². The van der Waals surface area contributed by atoms with Crippen molar-refractivity contribution in [2.45, 2.75) is 52.9 Å². The van der Waals surface area contributed by atoms with Crippen LogP contribution in [0.4, 0.5) is 0 Å². The molecule has 0 unspecified atom stereocenters. The quantitative estimate of drug-likeness (QED) is 0.589. The van der Waals surface area contributed by atoms with E-state index in [1.807, 2.05) is 0 Å². The highest BCUT2D eigenvalue weighted by Gasteiger charge is 2.29. The monoisotopic (exact) mass is 307 g/mol. The summed E-state index contributed by atoms with van der Waals surface area (Å²) in [6, 6.07) is 0. The third-order valence-electron chi connectivity index (χ3n) is 3.36. The zero-order valence-electron chi connectivity index (χ0n) is 11.8. The minimum atomic E-state index is 0.274. The van der Waals surface area contributed by atoms with Crippen molar-refractivity contribution >= 4 is 15.9 Å². The van der Waals surface area contributed by atoms with Crippen LogP contribution in [0.3, 0.4) is 0 Å². The average molecular weight is 308 g/mol. The van der Waals surface area contributed by atoms with Crippen molar-refractivity contribution in [1.82, 2.24) is 4.90 Å². The second kappa shape index (κ2) is 10.3. The van der Waals surface area contributed by atoms with Crippen molar-refractivity contribution in [2.75, 3.05) is 31.6 Å². The Morgan fingerprint density at radius 1 is 1.00 bits per heavy atom. The summed E-state index contributed by atoms with van der Waals surface area (Å²) in [5.41, 5.74) is 0.397. The van der Waals surface area contributed by atoms with Gasteiger partial charge in [-0.25, -0.2) is 0 Å². The van der Waals surface area contributed by atoms with Crippen molar-refractivity contribution in [3.8, 4) is 0 Å². The van der Waals surface area contributed by atoms with Crippen LogP contribution < -0.4 is 0 Å². The van der Waals surface area contributed by atoms with Crippen LogP contribution in [-0.2, 0) is 0 Å². The van der Waals surface area contributed by atoms with Gasteiger partial charge in [-0.2, -0.15) is 0 Å². The number of hydrogen-bond donors (Lipinski definition) is 1. The van der Waals surface area contributed by atoms with Gasteiger partial charge in [-0.3, -0.25) is 0 Å². The number of aliphatic hydroxyl groups is 1. The summed E-state index contributed by atoms with van der Waals surface area (Å²) in [7, 11) is 0. The van der Waals surface area contributed by atoms with E-state index in [0.717, 1.165) is 31.4 Å². The van der Waals surface area contributed by atoms with Gasteiger partial charge in [-0.05, 0) is 31.2 Å². The Bertz CT molecular complexity index is 164. The minimum Gasteiger partial charge on any atom is -0.395 e. The lowest BCUT2D eigenvalue weighted by molar-refractivity contribution is 0.123. The molecule has 0 aliphatic rings. The molecule has 0 saturated carbocycles. The van der Waals surface area contributed by atoms with Crippen molar-refractivity contribution in [1.29, 1.82) is 0 Å². The third kappa shape index (κ3) is 6.78. The van der Waals surface area contributed by atoms with Gasteiger partial charge in [0.05, 0.1) is 6.61 Å². The van der Waals surface area contributed by atoms with Gasteiger partial charge in [0.2, 0.25) is 0 Å². The van der Waals surface area contributed by atoms with Gasteiger partial charge in [-0.15, -0.1) is 0 Å². The van der Waals surface area contributed by atoms with Gasteiger partial charge < -0.3 is 10.0 Å². The average Bonchev–Trinajstić information content (AvgIpc) is 2.30. The lowest BCUT2D eigenvalue weighted by atomic mass is 9.80. The molecule has 0 heterocycles. The molecule has 0 spiro atoms. The number of halogens is 1. The van der Waals surface area contributed by atoms with E-state index in [2.05, 4.69) is 41.6 Å². The number of alkyl halides is 1. The molecule has 0 rings (SSSR count). The predicted octanol–water partition coefficient (Wildman–Crippen LogP) is 3.67. The first-order valence-corrected chi connectivity index (χ1v) is 8.19. The van der Waals surface area contributed by atoms with Crippen molar-refractivity contribution < 1.29 is 5.11 Å². The van der Waals surface area contributed by atoms with Crippen LogP contribution in [0.25, 0.3) is 0 Å². The second-order valence-electron chi connectivity index (χ2n) is 5.13. The Hall–Kier alpha value is 0.400. The summed E-state index contributed by atoms with van der Waals surface area (Å²) in [6.07, 6.45) is 6.20. The molecule has 0 aromatic rings. The molecular weight excluding hydrogens is 278 g/mol. The molecule has 0 radical (unpaired) electrons. The fourth-order valence-corrected chi connectivity index (χ4v) is 3.46. The van der Waals surface area contributed by atoms with E-state index in [-0.39, 0.29) is 6.61 Å². The lowest BCUT2D eigenvalue weighted by Gasteiger charge is -2.37. The van der Waals surface area contributed by atoms with Crippen LogP contribution in [0, 0.1) is 5.41 Å². The van der Waals surface area contributed by atoms with E-state index in [1.165, 1.54) is 25.7 Å². The molecule has 0 aliphatic heterocycles. The molecule has 3 heteroatoms. The Balaban J connectivity index is 4.53. The molecule has 0 aromatic heterocycles. The first-order chi connectivity index (χ1) is 8.17. The van der Waals surface area contributed by atoms with Gasteiger partial charge in [0.15, 0.2) is 0 Å². The van der Waals surface area contributed by atoms with Gasteiger partial charge in [0.25, 0.3) is 0 Å². The summed E-state index contributed by atoms with van der Waals surface area (Å²) in [6.45, 7) is 10.1. The molecule has 0 aromatic carbocycles. The molecule has 0 aliphatic carbocycles. The highest BCUT2D eigenvalue weighted by Crippen LogP contribution is 2.33. The van der Waals surface area contributed by atoms with Crippen LogP contribution in [0.5, 0.6) is 0 Å². The van der Waals surface area contributed by atoms with Gasteiger partial charge >= 0.3 is 0 Å². The summed E-state index contributed by atoms with van der Waals surface area (Å²) >= 11 is 3.72. The van der Waals surface area contributed by atoms with Crippen LogP contribution in [-0.4, -0.2) is 41.6 Å². The van der Waals surface area contributed by atoms with Crippen LogP contribution in [0.1, 0.15) is 52.9 Å². The summed E-state index contributed by atoms with van der Waals surface area (Å²) in [4.78, 5) is 2.42. The molecule has 0 atom stereocenters. The number of rotatable bonds is 11. The normalized spacial score (nSPS) is 12.4. The summed E-state index contributed by atoms with van der Waals surface area (Å²) < 4.78 is 0. The van der Waals surface area contributed by atoms with E-state index in [1.54, 1.807) is 0 Å². The third-order valence-corrected chi connectivity index (χ3v) is 4.55. The minimum absolute atomic E-state index is 0.274. The topological polar surface area (TPSA) is 23.5 Å². The standard InChI is InChI=1S/C14H30BrNO/c1-4-7-14(12-15,8-5-2)13-16(9-6-3)10-11-17/h17H,4-13H2,1-3H3. The molecule has 0 fully saturated rings. The van der Waals surface area contributed by atoms with Crippen molar-refractivity contribution in [3.63, 3.8) is 0 Å². The second-order valence-corrected chi connectivity index (χ2v) is 5.69. The van der Waals surface area contributed by atoms with Crippen LogP contribution in [0.15, 0.2) is 0 Å². The molecule has 0 bridgehead atoms. The predicted molar refractivity (Wildman–Crippen MR) is 79.9 cm³/mol. The molecule has 0 amide bonds. The summed E-state index contributed by atoms with van der Waals surface area (Å²) in [5, 5.41) is 10.2. The first kappa shape index (κ1) is 17.4. The maximum Gasteiger partial charge on any atom is 0.0558 e. The molecule has 17 heavy (non-hydrogen) atoms. The van der Waals surface area contributed by atoms with Crippen LogP contribution in [0.2, 0.25) is 0 Å². The molecule has 2 nitrogen and oxygen atoms in total. The smallest absolute Gasteiger partial charge is 0.0558 e. The zero-order valence-corrected chi connectivity index (χ0v) is 13.4. The van der Waals surface area contributed by atoms with E-state index in [4.69, 9.17) is 5.11 Å². The van der Waals surface area contributed by atoms with Gasteiger partial charge in [0.1, 0.15) is 0 Å². The SMILES string of the molecule is CCCN(CCO)CC(CBr)(CCC)CCC. The number of aliphatic hydroxyl groups excluding tert-OH is 1.